The average Bonchev–Trinajstić information content (AvgIpc) is 2.45. The van der Waals surface area contributed by atoms with Gasteiger partial charge in [0.15, 0.2) is 0 Å². The van der Waals surface area contributed by atoms with Crippen LogP contribution in [0.15, 0.2) is 30.3 Å². The number of nitrogens with zero attached hydrogens (tertiary/aromatic N) is 2. The van der Waals surface area contributed by atoms with Crippen LogP contribution in [0.2, 0.25) is 0 Å². The van der Waals surface area contributed by atoms with Crippen molar-refractivity contribution in [2.45, 2.75) is 18.9 Å². The van der Waals surface area contributed by atoms with Crippen LogP contribution in [0.25, 0.3) is 0 Å². The summed E-state index contributed by atoms with van der Waals surface area (Å²) < 4.78 is 0. The molecule has 0 radical (unpaired) electrons. The number of rotatable bonds is 4. The second-order valence-corrected chi connectivity index (χ2v) is 5.71. The largest absolute Gasteiger partial charge is 0.340 e. The third-order valence-electron chi connectivity index (χ3n) is 4.41. The molecule has 1 aromatic carbocycles. The smallest absolute Gasteiger partial charge is 0.222 e. The summed E-state index contributed by atoms with van der Waals surface area (Å²) >= 11 is 0. The fourth-order valence-electron chi connectivity index (χ4n) is 2.92. The van der Waals surface area contributed by atoms with Crippen molar-refractivity contribution in [2.24, 2.45) is 0 Å². The first-order valence-electron chi connectivity index (χ1n) is 7.59. The highest BCUT2D eigenvalue weighted by Crippen LogP contribution is 2.11. The molecule has 1 N–H and O–H groups in total. The van der Waals surface area contributed by atoms with Gasteiger partial charge in [-0.3, -0.25) is 9.69 Å². The Morgan fingerprint density at radius 1 is 1.10 bits per heavy atom. The predicted octanol–water partition coefficient (Wildman–Crippen LogP) is 0.735. The summed E-state index contributed by atoms with van der Waals surface area (Å²) in [5.74, 6) is 0.306. The Morgan fingerprint density at radius 2 is 1.80 bits per heavy atom. The van der Waals surface area contributed by atoms with Gasteiger partial charge in [-0.05, 0) is 12.0 Å². The van der Waals surface area contributed by atoms with E-state index in [1.54, 1.807) is 0 Å². The highest BCUT2D eigenvalue weighted by molar-refractivity contribution is 5.76. The fraction of sp³-hybridized carbons (Fsp3) is 0.562. The summed E-state index contributed by atoms with van der Waals surface area (Å²) in [4.78, 5) is 16.8. The lowest BCUT2D eigenvalue weighted by atomic mass is 10.1. The molecule has 4 nitrogen and oxygen atoms in total. The van der Waals surface area contributed by atoms with Gasteiger partial charge in [0.2, 0.25) is 5.91 Å². The summed E-state index contributed by atoms with van der Waals surface area (Å²) in [6.45, 7) is 6.07. The molecule has 1 aromatic rings. The van der Waals surface area contributed by atoms with Crippen molar-refractivity contribution in [1.82, 2.24) is 15.1 Å². The number of carbonyl (C=O) groups excluding carboxylic acids is 1. The first-order valence-corrected chi connectivity index (χ1v) is 7.59. The molecule has 2 saturated heterocycles. The molecule has 3 rings (SSSR count). The van der Waals surface area contributed by atoms with Crippen molar-refractivity contribution >= 4 is 5.91 Å². The number of nitrogens with one attached hydrogen (secondary N) is 1. The number of benzene rings is 1. The second kappa shape index (κ2) is 6.37. The molecule has 1 amide bonds. The van der Waals surface area contributed by atoms with E-state index in [-0.39, 0.29) is 0 Å². The molecule has 0 bridgehead atoms. The molecule has 4 heteroatoms. The molecule has 0 saturated carbocycles. The Hall–Kier alpha value is -1.39. The van der Waals surface area contributed by atoms with Crippen molar-refractivity contribution in [3.8, 4) is 0 Å². The maximum absolute atomic E-state index is 12.2. The van der Waals surface area contributed by atoms with Gasteiger partial charge in [-0.25, -0.2) is 0 Å². The molecule has 0 unspecified atom stereocenters. The first kappa shape index (κ1) is 13.6. The Bertz CT molecular complexity index is 436. The number of piperazine rings is 1. The highest BCUT2D eigenvalue weighted by Gasteiger charge is 2.28. The number of hydrogen-bond donors (Lipinski definition) is 1. The van der Waals surface area contributed by atoms with Crippen molar-refractivity contribution in [2.75, 3.05) is 39.3 Å². The van der Waals surface area contributed by atoms with Crippen LogP contribution in [0.3, 0.4) is 0 Å². The summed E-state index contributed by atoms with van der Waals surface area (Å²) in [6.07, 6.45) is 1.49. The highest BCUT2D eigenvalue weighted by atomic mass is 16.2. The molecule has 2 aliphatic rings. The van der Waals surface area contributed by atoms with Crippen LogP contribution in [0.1, 0.15) is 12.0 Å². The number of hydrogen-bond acceptors (Lipinski definition) is 3. The zero-order chi connectivity index (χ0) is 13.8. The lowest BCUT2D eigenvalue weighted by Gasteiger charge is -2.43. The molecule has 2 aliphatic heterocycles. The maximum Gasteiger partial charge on any atom is 0.222 e. The van der Waals surface area contributed by atoms with Crippen LogP contribution in [0.4, 0.5) is 0 Å². The van der Waals surface area contributed by atoms with Gasteiger partial charge in [0.05, 0.1) is 0 Å². The van der Waals surface area contributed by atoms with E-state index in [0.717, 1.165) is 45.7 Å². The minimum Gasteiger partial charge on any atom is -0.340 e. The SMILES string of the molecule is O=C(CCc1ccccc1)N1CCN(C2CNC2)CC1. The third-order valence-corrected chi connectivity index (χ3v) is 4.41. The van der Waals surface area contributed by atoms with Crippen molar-refractivity contribution in [3.05, 3.63) is 35.9 Å². The van der Waals surface area contributed by atoms with Gasteiger partial charge in [0.1, 0.15) is 0 Å². The summed E-state index contributed by atoms with van der Waals surface area (Å²) in [5, 5.41) is 3.31. The predicted molar refractivity (Wildman–Crippen MR) is 79.6 cm³/mol. The summed E-state index contributed by atoms with van der Waals surface area (Å²) in [5.41, 5.74) is 1.25. The van der Waals surface area contributed by atoms with E-state index in [4.69, 9.17) is 0 Å². The van der Waals surface area contributed by atoms with Crippen LogP contribution in [0.5, 0.6) is 0 Å². The quantitative estimate of drug-likeness (QED) is 0.879. The molecule has 0 spiro atoms. The molecule has 0 atom stereocenters. The Morgan fingerprint density at radius 3 is 2.40 bits per heavy atom. The number of amides is 1. The molecule has 108 valence electrons. The molecule has 0 aliphatic carbocycles. The van der Waals surface area contributed by atoms with E-state index in [1.807, 2.05) is 23.1 Å². The van der Waals surface area contributed by atoms with Gasteiger partial charge in [-0.2, -0.15) is 0 Å². The number of aryl methyl sites for hydroxylation is 1. The van der Waals surface area contributed by atoms with Gasteiger partial charge in [-0.1, -0.05) is 30.3 Å². The molecule has 20 heavy (non-hydrogen) atoms. The minimum atomic E-state index is 0.306. The van der Waals surface area contributed by atoms with Crippen LogP contribution < -0.4 is 5.32 Å². The fourth-order valence-corrected chi connectivity index (χ4v) is 2.92. The van der Waals surface area contributed by atoms with Crippen molar-refractivity contribution in [1.29, 1.82) is 0 Å². The normalized spacial score (nSPS) is 20.7. The zero-order valence-electron chi connectivity index (χ0n) is 11.9. The topological polar surface area (TPSA) is 35.6 Å². The molecule has 2 heterocycles. The average molecular weight is 273 g/mol. The van der Waals surface area contributed by atoms with E-state index in [0.29, 0.717) is 18.4 Å². The molecular weight excluding hydrogens is 250 g/mol. The van der Waals surface area contributed by atoms with Crippen molar-refractivity contribution < 1.29 is 4.79 Å². The summed E-state index contributed by atoms with van der Waals surface area (Å²) in [7, 11) is 0. The Balaban J connectivity index is 1.42. The van der Waals surface area contributed by atoms with Gasteiger partial charge in [0.25, 0.3) is 0 Å². The monoisotopic (exact) mass is 273 g/mol. The van der Waals surface area contributed by atoms with Crippen LogP contribution >= 0.6 is 0 Å². The second-order valence-electron chi connectivity index (χ2n) is 5.71. The lowest BCUT2D eigenvalue weighted by Crippen LogP contribution is -2.62. The van der Waals surface area contributed by atoms with E-state index in [1.165, 1.54) is 5.56 Å². The van der Waals surface area contributed by atoms with Gasteiger partial charge >= 0.3 is 0 Å². The van der Waals surface area contributed by atoms with Crippen LogP contribution in [-0.4, -0.2) is 61.0 Å². The Labute approximate surface area is 120 Å². The van der Waals surface area contributed by atoms with Gasteiger partial charge in [0, 0.05) is 51.7 Å². The molecule has 0 aromatic heterocycles. The standard InChI is InChI=1S/C16H23N3O/c20-16(7-6-14-4-2-1-3-5-14)19-10-8-18(9-11-19)15-12-17-13-15/h1-5,15,17H,6-13H2. The van der Waals surface area contributed by atoms with Gasteiger partial charge < -0.3 is 10.2 Å². The molecule has 2 fully saturated rings. The third kappa shape index (κ3) is 3.19. The Kier molecular flexibility index (Phi) is 4.33. The van der Waals surface area contributed by atoms with E-state index >= 15 is 0 Å². The zero-order valence-corrected chi connectivity index (χ0v) is 11.9. The lowest BCUT2D eigenvalue weighted by molar-refractivity contribution is -0.133. The summed E-state index contributed by atoms with van der Waals surface area (Å²) in [6, 6.07) is 11.0. The van der Waals surface area contributed by atoms with Crippen molar-refractivity contribution in [3.63, 3.8) is 0 Å². The molecular formula is C16H23N3O. The maximum atomic E-state index is 12.2. The minimum absolute atomic E-state index is 0.306. The number of carbonyl (C=O) groups is 1. The van der Waals surface area contributed by atoms with Crippen LogP contribution in [-0.2, 0) is 11.2 Å². The van der Waals surface area contributed by atoms with E-state index < -0.39 is 0 Å². The first-order chi connectivity index (χ1) is 9.83. The van der Waals surface area contributed by atoms with E-state index in [9.17, 15) is 4.79 Å². The van der Waals surface area contributed by atoms with Crippen LogP contribution in [0, 0.1) is 0 Å². The van der Waals surface area contributed by atoms with Gasteiger partial charge in [-0.15, -0.1) is 0 Å². The van der Waals surface area contributed by atoms with E-state index in [2.05, 4.69) is 22.3 Å².